The van der Waals surface area contributed by atoms with Crippen LogP contribution in [0.15, 0.2) is 42.5 Å². The van der Waals surface area contributed by atoms with Crippen molar-refractivity contribution in [3.8, 4) is 11.8 Å². The Hall–Kier alpha value is -2.68. The second-order valence-electron chi connectivity index (χ2n) is 5.92. The van der Waals surface area contributed by atoms with Gasteiger partial charge in [-0.1, -0.05) is 43.4 Å². The number of rotatable bonds is 5. The Morgan fingerprint density at radius 1 is 1.00 bits per heavy atom. The molecule has 2 amide bonds. The van der Waals surface area contributed by atoms with E-state index in [0.717, 1.165) is 28.8 Å². The van der Waals surface area contributed by atoms with Crippen LogP contribution in [0, 0.1) is 11.8 Å². The summed E-state index contributed by atoms with van der Waals surface area (Å²) >= 11 is 0. The molecular formula is C21H20NO3Si. The lowest BCUT2D eigenvalue weighted by Crippen LogP contribution is -2.40. The van der Waals surface area contributed by atoms with Gasteiger partial charge in [-0.2, -0.15) is 0 Å². The monoisotopic (exact) mass is 362 g/mol. The molecule has 1 N–H and O–H groups in total. The molecule has 5 heteroatoms. The van der Waals surface area contributed by atoms with Crippen molar-refractivity contribution < 1.29 is 14.0 Å². The van der Waals surface area contributed by atoms with E-state index in [0.29, 0.717) is 17.7 Å². The zero-order valence-corrected chi connectivity index (χ0v) is 15.9. The summed E-state index contributed by atoms with van der Waals surface area (Å²) in [4.78, 5) is 24.5. The average molecular weight is 362 g/mol. The van der Waals surface area contributed by atoms with Crippen LogP contribution in [-0.4, -0.2) is 27.5 Å². The van der Waals surface area contributed by atoms with Gasteiger partial charge in [-0.3, -0.25) is 14.9 Å². The Bertz CT molecular complexity index is 891. The van der Waals surface area contributed by atoms with Crippen LogP contribution < -0.4 is 10.5 Å². The third-order valence-corrected chi connectivity index (χ3v) is 6.76. The molecular weight excluding hydrogens is 342 g/mol. The predicted octanol–water partition coefficient (Wildman–Crippen LogP) is 2.62. The van der Waals surface area contributed by atoms with Crippen LogP contribution in [0.25, 0.3) is 0 Å². The average Bonchev–Trinajstić information content (AvgIpc) is 2.94. The summed E-state index contributed by atoms with van der Waals surface area (Å²) < 4.78 is 6.01. The van der Waals surface area contributed by atoms with Crippen LogP contribution >= 0.6 is 0 Å². The number of carbonyl (C=O) groups is 2. The van der Waals surface area contributed by atoms with Crippen molar-refractivity contribution in [2.75, 3.05) is 6.61 Å². The fourth-order valence-electron chi connectivity index (χ4n) is 2.99. The van der Waals surface area contributed by atoms with Crippen molar-refractivity contribution in [2.24, 2.45) is 0 Å². The summed E-state index contributed by atoms with van der Waals surface area (Å²) in [6.07, 6.45) is 0.944. The molecule has 0 bridgehead atoms. The zero-order valence-electron chi connectivity index (χ0n) is 14.9. The van der Waals surface area contributed by atoms with Crippen LogP contribution in [-0.2, 0) is 4.43 Å². The first-order valence-corrected chi connectivity index (χ1v) is 10.4. The molecule has 1 aliphatic rings. The van der Waals surface area contributed by atoms with E-state index in [1.165, 1.54) is 0 Å². The van der Waals surface area contributed by atoms with Crippen molar-refractivity contribution >= 4 is 26.0 Å². The molecule has 1 heterocycles. The van der Waals surface area contributed by atoms with Crippen LogP contribution in [0.4, 0.5) is 0 Å². The number of fused-ring (bicyclic) bond motifs is 1. The standard InChI is InChI=1S/C21H20NO3Si/c1-3-14-26(25-4-2)19-16(11-10-15-8-6-5-7-9-15)12-13-17-18(19)21(24)22-20(17)23/h5-9,12-13H,3-4,14H2,1-2H3,(H,22,23,24). The first-order chi connectivity index (χ1) is 12.7. The number of amides is 2. The van der Waals surface area contributed by atoms with E-state index in [1.807, 2.05) is 43.3 Å². The molecule has 0 spiro atoms. The summed E-state index contributed by atoms with van der Waals surface area (Å²) in [6, 6.07) is 14.1. The number of nitrogens with one attached hydrogen (secondary N) is 1. The van der Waals surface area contributed by atoms with Crippen LogP contribution in [0.5, 0.6) is 0 Å². The van der Waals surface area contributed by atoms with Gasteiger partial charge in [0.1, 0.15) is 0 Å². The van der Waals surface area contributed by atoms with Crippen molar-refractivity contribution in [2.45, 2.75) is 26.3 Å². The first kappa shape index (κ1) is 18.1. The Morgan fingerprint density at radius 3 is 2.46 bits per heavy atom. The van der Waals surface area contributed by atoms with Gasteiger partial charge in [0, 0.05) is 17.7 Å². The van der Waals surface area contributed by atoms with Gasteiger partial charge >= 0.3 is 0 Å². The van der Waals surface area contributed by atoms with Crippen molar-refractivity contribution in [3.05, 3.63) is 64.7 Å². The summed E-state index contributed by atoms with van der Waals surface area (Å²) in [7, 11) is -1.45. The molecule has 0 aromatic heterocycles. The molecule has 4 nitrogen and oxygen atoms in total. The first-order valence-electron chi connectivity index (χ1n) is 8.74. The maximum absolute atomic E-state index is 12.4. The minimum Gasteiger partial charge on any atom is -0.412 e. The van der Waals surface area contributed by atoms with E-state index in [1.54, 1.807) is 6.07 Å². The van der Waals surface area contributed by atoms with E-state index in [9.17, 15) is 9.59 Å². The largest absolute Gasteiger partial charge is 0.412 e. The van der Waals surface area contributed by atoms with Gasteiger partial charge in [-0.05, 0) is 42.4 Å². The molecule has 0 saturated carbocycles. The minimum absolute atomic E-state index is 0.344. The topological polar surface area (TPSA) is 55.4 Å². The lowest BCUT2D eigenvalue weighted by Gasteiger charge is -2.18. The second-order valence-corrected chi connectivity index (χ2v) is 8.05. The fourth-order valence-corrected chi connectivity index (χ4v) is 5.30. The maximum Gasteiger partial charge on any atom is 0.258 e. The van der Waals surface area contributed by atoms with Gasteiger partial charge in [0.15, 0.2) is 0 Å². The summed E-state index contributed by atoms with van der Waals surface area (Å²) in [5.74, 6) is 5.66. The fraction of sp³-hybridized carbons (Fsp3) is 0.238. The van der Waals surface area contributed by atoms with E-state index >= 15 is 0 Å². The van der Waals surface area contributed by atoms with E-state index in [-0.39, 0.29) is 11.8 Å². The van der Waals surface area contributed by atoms with E-state index in [4.69, 9.17) is 4.43 Å². The SMILES string of the molecule is CCC[Si](OCC)c1c(C#Cc2ccccc2)ccc2c1C(=O)NC2=O. The third kappa shape index (κ3) is 3.62. The Morgan fingerprint density at radius 2 is 1.77 bits per heavy atom. The maximum atomic E-state index is 12.4. The quantitative estimate of drug-likeness (QED) is 0.505. The van der Waals surface area contributed by atoms with Crippen LogP contribution in [0.1, 0.15) is 52.1 Å². The highest BCUT2D eigenvalue weighted by molar-refractivity contribution is 6.70. The number of hydrogen-bond donors (Lipinski definition) is 1. The molecule has 1 radical (unpaired) electrons. The predicted molar refractivity (Wildman–Crippen MR) is 103 cm³/mol. The Kier molecular flexibility index (Phi) is 5.67. The van der Waals surface area contributed by atoms with E-state index in [2.05, 4.69) is 24.1 Å². The molecule has 2 aromatic carbocycles. The highest BCUT2D eigenvalue weighted by Crippen LogP contribution is 2.18. The van der Waals surface area contributed by atoms with Crippen molar-refractivity contribution in [1.29, 1.82) is 0 Å². The molecule has 0 aliphatic carbocycles. The van der Waals surface area contributed by atoms with Gasteiger partial charge in [-0.25, -0.2) is 0 Å². The number of imide groups is 1. The molecule has 0 saturated heterocycles. The number of benzene rings is 2. The Balaban J connectivity index is 2.15. The van der Waals surface area contributed by atoms with Crippen molar-refractivity contribution in [1.82, 2.24) is 5.32 Å². The van der Waals surface area contributed by atoms with E-state index < -0.39 is 9.04 Å². The normalized spacial score (nSPS) is 12.6. The second kappa shape index (κ2) is 8.13. The van der Waals surface area contributed by atoms with Gasteiger partial charge in [-0.15, -0.1) is 0 Å². The number of carbonyl (C=O) groups excluding carboxylic acids is 2. The van der Waals surface area contributed by atoms with Crippen LogP contribution in [0.2, 0.25) is 6.04 Å². The molecule has 3 rings (SSSR count). The molecule has 26 heavy (non-hydrogen) atoms. The van der Waals surface area contributed by atoms with Gasteiger partial charge in [0.2, 0.25) is 9.04 Å². The van der Waals surface area contributed by atoms with Crippen molar-refractivity contribution in [3.63, 3.8) is 0 Å². The molecule has 0 fully saturated rings. The zero-order chi connectivity index (χ0) is 18.5. The Labute approximate surface area is 155 Å². The van der Waals surface area contributed by atoms with Crippen LogP contribution in [0.3, 0.4) is 0 Å². The third-order valence-electron chi connectivity index (χ3n) is 4.09. The molecule has 0 unspecified atom stereocenters. The summed E-state index contributed by atoms with van der Waals surface area (Å²) in [5.41, 5.74) is 2.55. The lowest BCUT2D eigenvalue weighted by molar-refractivity contribution is 0.0880. The highest BCUT2D eigenvalue weighted by Gasteiger charge is 2.34. The summed E-state index contributed by atoms with van der Waals surface area (Å²) in [6.45, 7) is 4.61. The van der Waals surface area contributed by atoms with Gasteiger partial charge in [0.05, 0.1) is 11.1 Å². The highest BCUT2D eigenvalue weighted by atomic mass is 28.3. The summed E-state index contributed by atoms with van der Waals surface area (Å²) in [5, 5.41) is 3.22. The van der Waals surface area contributed by atoms with Gasteiger partial charge < -0.3 is 4.43 Å². The smallest absolute Gasteiger partial charge is 0.258 e. The number of hydrogen-bond acceptors (Lipinski definition) is 3. The molecule has 2 aromatic rings. The molecule has 131 valence electrons. The molecule has 1 aliphatic heterocycles. The lowest BCUT2D eigenvalue weighted by atomic mass is 10.1. The molecule has 0 atom stereocenters. The minimum atomic E-state index is -1.45. The van der Waals surface area contributed by atoms with Gasteiger partial charge in [0.25, 0.3) is 11.8 Å².